The average molecular weight is 196 g/mol. The van der Waals surface area contributed by atoms with Crippen molar-refractivity contribution in [3.63, 3.8) is 0 Å². The van der Waals surface area contributed by atoms with Gasteiger partial charge >= 0.3 is 0 Å². The summed E-state index contributed by atoms with van der Waals surface area (Å²) in [6, 6.07) is 6.18. The van der Waals surface area contributed by atoms with Crippen LogP contribution in [0.4, 0.5) is 0 Å². The van der Waals surface area contributed by atoms with Crippen LogP contribution < -0.4 is 5.19 Å². The predicted molar refractivity (Wildman–Crippen MR) is 55.4 cm³/mol. The number of hydrogen-bond acceptors (Lipinski definition) is 0. The highest BCUT2D eigenvalue weighted by molar-refractivity contribution is 6.33. The molecule has 1 rings (SSSR count). The lowest BCUT2D eigenvalue weighted by Crippen LogP contribution is -2.12. The van der Waals surface area contributed by atoms with E-state index in [4.69, 9.17) is 11.6 Å². The van der Waals surface area contributed by atoms with Crippen molar-refractivity contribution in [1.29, 1.82) is 0 Å². The Morgan fingerprint density at radius 1 is 1.42 bits per heavy atom. The van der Waals surface area contributed by atoms with E-state index in [2.05, 4.69) is 29.3 Å². The van der Waals surface area contributed by atoms with Crippen molar-refractivity contribution in [3.05, 3.63) is 29.3 Å². The minimum absolute atomic E-state index is 0.605. The topological polar surface area (TPSA) is 0 Å². The minimum Gasteiger partial charge on any atom is -0.122 e. The highest BCUT2D eigenvalue weighted by Gasteiger charge is 2.02. The second-order valence-corrected chi connectivity index (χ2v) is 3.63. The van der Waals surface area contributed by atoms with Crippen molar-refractivity contribution in [1.82, 2.24) is 0 Å². The summed E-state index contributed by atoms with van der Waals surface area (Å²) >= 11 is 5.82. The molecule has 1 aromatic rings. The van der Waals surface area contributed by atoms with Gasteiger partial charge in [-0.2, -0.15) is 0 Å². The molecule has 0 amide bonds. The number of halogens is 1. The van der Waals surface area contributed by atoms with E-state index in [9.17, 15) is 0 Å². The Labute approximate surface area is 82.4 Å². The Morgan fingerprint density at radius 2 is 2.17 bits per heavy atom. The molecule has 0 fully saturated rings. The monoisotopic (exact) mass is 195 g/mol. The first kappa shape index (κ1) is 9.81. The summed E-state index contributed by atoms with van der Waals surface area (Å²) in [5, 5.41) is 1.18. The molecule has 63 valence electrons. The fraction of sp³-hybridized carbons (Fsp3) is 0.400. The van der Waals surface area contributed by atoms with Gasteiger partial charge in [-0.25, -0.2) is 0 Å². The van der Waals surface area contributed by atoms with E-state index in [1.807, 2.05) is 6.07 Å². The van der Waals surface area contributed by atoms with Crippen LogP contribution in [-0.4, -0.2) is 10.2 Å². The van der Waals surface area contributed by atoms with Crippen LogP contribution in [0.2, 0.25) is 0 Å². The molecule has 0 spiro atoms. The van der Waals surface area contributed by atoms with Crippen molar-refractivity contribution in [2.75, 3.05) is 0 Å². The third kappa shape index (κ3) is 2.11. The van der Waals surface area contributed by atoms with Crippen LogP contribution in [0.5, 0.6) is 0 Å². The van der Waals surface area contributed by atoms with E-state index in [0.29, 0.717) is 5.88 Å². The first-order chi connectivity index (χ1) is 5.79. The quantitative estimate of drug-likeness (QED) is 0.513. The SMILES string of the molecule is CCCc1c([Si])cccc1CCl. The largest absolute Gasteiger partial charge is 0.122 e. The molecule has 0 atom stereocenters. The molecule has 0 aromatic heterocycles. The molecule has 2 heteroatoms. The summed E-state index contributed by atoms with van der Waals surface area (Å²) in [5.41, 5.74) is 2.60. The maximum absolute atomic E-state index is 5.82. The van der Waals surface area contributed by atoms with E-state index < -0.39 is 0 Å². The van der Waals surface area contributed by atoms with Gasteiger partial charge in [0.2, 0.25) is 0 Å². The van der Waals surface area contributed by atoms with Gasteiger partial charge in [0.25, 0.3) is 0 Å². The van der Waals surface area contributed by atoms with Gasteiger partial charge in [-0.05, 0) is 17.5 Å². The van der Waals surface area contributed by atoms with Crippen LogP contribution in [0.15, 0.2) is 18.2 Å². The smallest absolute Gasteiger partial charge is 0.0715 e. The summed E-state index contributed by atoms with van der Waals surface area (Å²) in [4.78, 5) is 0. The molecule has 0 unspecified atom stereocenters. The molecule has 0 saturated heterocycles. The summed E-state index contributed by atoms with van der Waals surface area (Å²) in [7, 11) is 3.58. The lowest BCUT2D eigenvalue weighted by Gasteiger charge is -2.08. The van der Waals surface area contributed by atoms with Crippen molar-refractivity contribution < 1.29 is 0 Å². The highest BCUT2D eigenvalue weighted by Crippen LogP contribution is 2.10. The first-order valence-electron chi connectivity index (χ1n) is 4.18. The van der Waals surface area contributed by atoms with Crippen molar-refractivity contribution in [3.8, 4) is 0 Å². The lowest BCUT2D eigenvalue weighted by molar-refractivity contribution is 0.916. The molecule has 0 saturated carbocycles. The normalized spacial score (nSPS) is 10.2. The minimum atomic E-state index is 0.605. The molecule has 0 aliphatic heterocycles. The maximum atomic E-state index is 5.82. The first-order valence-corrected chi connectivity index (χ1v) is 5.21. The second-order valence-electron chi connectivity index (χ2n) is 2.83. The Kier molecular flexibility index (Phi) is 3.83. The second kappa shape index (κ2) is 4.68. The van der Waals surface area contributed by atoms with Crippen molar-refractivity contribution in [2.24, 2.45) is 0 Å². The summed E-state index contributed by atoms with van der Waals surface area (Å²) in [6.07, 6.45) is 2.26. The fourth-order valence-corrected chi connectivity index (χ4v) is 1.94. The fourth-order valence-electron chi connectivity index (χ4n) is 1.31. The molecular weight excluding hydrogens is 184 g/mol. The highest BCUT2D eigenvalue weighted by atomic mass is 35.5. The third-order valence-electron chi connectivity index (χ3n) is 1.92. The Bertz CT molecular complexity index is 258. The van der Waals surface area contributed by atoms with Gasteiger partial charge in [0.15, 0.2) is 0 Å². The average Bonchev–Trinajstić information content (AvgIpc) is 2.09. The zero-order chi connectivity index (χ0) is 8.97. The third-order valence-corrected chi connectivity index (χ3v) is 2.67. The lowest BCUT2D eigenvalue weighted by atomic mass is 10.0. The van der Waals surface area contributed by atoms with Gasteiger partial charge < -0.3 is 0 Å². The molecule has 0 N–H and O–H groups in total. The van der Waals surface area contributed by atoms with Gasteiger partial charge in [-0.1, -0.05) is 36.7 Å². The van der Waals surface area contributed by atoms with E-state index in [1.54, 1.807) is 0 Å². The van der Waals surface area contributed by atoms with Crippen LogP contribution in [0.25, 0.3) is 0 Å². The molecule has 1 aromatic carbocycles. The van der Waals surface area contributed by atoms with Crippen LogP contribution in [0, 0.1) is 0 Å². The number of alkyl halides is 1. The van der Waals surface area contributed by atoms with Crippen molar-refractivity contribution >= 4 is 27.0 Å². The number of benzene rings is 1. The van der Waals surface area contributed by atoms with Gasteiger partial charge in [0.1, 0.15) is 0 Å². The number of rotatable bonds is 3. The van der Waals surface area contributed by atoms with Crippen LogP contribution in [-0.2, 0) is 12.3 Å². The zero-order valence-electron chi connectivity index (χ0n) is 7.23. The molecule has 12 heavy (non-hydrogen) atoms. The van der Waals surface area contributed by atoms with Crippen LogP contribution in [0.3, 0.4) is 0 Å². The van der Waals surface area contributed by atoms with E-state index in [1.165, 1.54) is 16.3 Å². The standard InChI is InChI=1S/C10H12ClSi/c1-2-4-9-8(7-11)5-3-6-10(9)12/h3,5-6H,2,4,7H2,1H3. The molecule has 0 aliphatic carbocycles. The van der Waals surface area contributed by atoms with Gasteiger partial charge in [0, 0.05) is 5.88 Å². The van der Waals surface area contributed by atoms with Gasteiger partial charge in [-0.15, -0.1) is 11.6 Å². The Balaban J connectivity index is 3.02. The molecule has 0 aliphatic rings. The molecule has 0 heterocycles. The molecule has 0 bridgehead atoms. The Hall–Kier alpha value is -0.273. The number of hydrogen-bond donors (Lipinski definition) is 0. The molecular formula is C10H12ClSi. The predicted octanol–water partition coefficient (Wildman–Crippen LogP) is 2.17. The van der Waals surface area contributed by atoms with E-state index >= 15 is 0 Å². The molecule has 0 nitrogen and oxygen atoms in total. The van der Waals surface area contributed by atoms with Crippen LogP contribution >= 0.6 is 11.6 Å². The van der Waals surface area contributed by atoms with Crippen LogP contribution in [0.1, 0.15) is 24.5 Å². The summed E-state index contributed by atoms with van der Waals surface area (Å²) in [5.74, 6) is 0.605. The Morgan fingerprint density at radius 3 is 2.75 bits per heavy atom. The van der Waals surface area contributed by atoms with Crippen molar-refractivity contribution in [2.45, 2.75) is 25.6 Å². The van der Waals surface area contributed by atoms with E-state index in [0.717, 1.165) is 12.8 Å². The van der Waals surface area contributed by atoms with Gasteiger partial charge in [0.05, 0.1) is 10.2 Å². The maximum Gasteiger partial charge on any atom is 0.0715 e. The van der Waals surface area contributed by atoms with E-state index in [-0.39, 0.29) is 0 Å². The molecule has 3 radical (unpaired) electrons. The summed E-state index contributed by atoms with van der Waals surface area (Å²) in [6.45, 7) is 2.18. The zero-order valence-corrected chi connectivity index (χ0v) is 8.99. The summed E-state index contributed by atoms with van der Waals surface area (Å²) < 4.78 is 0. The van der Waals surface area contributed by atoms with Gasteiger partial charge in [-0.3, -0.25) is 0 Å².